The summed E-state index contributed by atoms with van der Waals surface area (Å²) in [6.45, 7) is 4.07. The Labute approximate surface area is 170 Å². The average molecular weight is 417 g/mol. The molecular weight excluding hydrogens is 402 g/mol. The van der Waals surface area contributed by atoms with Crippen molar-refractivity contribution < 1.29 is 4.39 Å². The Balaban J connectivity index is 1.82. The number of rotatable bonds is 4. The highest BCUT2D eigenvalue weighted by molar-refractivity contribution is 6.39. The van der Waals surface area contributed by atoms with Gasteiger partial charge in [-0.15, -0.1) is 0 Å². The molecule has 0 aliphatic heterocycles. The highest BCUT2D eigenvalue weighted by Gasteiger charge is 2.18. The largest absolute Gasteiger partial charge is 0.335 e. The number of H-pyrrole nitrogens is 1. The van der Waals surface area contributed by atoms with Gasteiger partial charge in [-0.2, -0.15) is 0 Å². The second-order valence-corrected chi connectivity index (χ2v) is 7.28. The molecule has 0 radical (unpaired) electrons. The van der Waals surface area contributed by atoms with Crippen LogP contribution in [0.3, 0.4) is 0 Å². The van der Waals surface area contributed by atoms with E-state index in [9.17, 15) is 4.39 Å². The number of aromatic amines is 1. The Hall–Kier alpha value is -2.77. The van der Waals surface area contributed by atoms with Gasteiger partial charge >= 0.3 is 0 Å². The van der Waals surface area contributed by atoms with Gasteiger partial charge in [0.25, 0.3) is 0 Å². The number of pyridine rings is 1. The molecule has 2 N–H and O–H groups in total. The highest BCUT2D eigenvalue weighted by Crippen LogP contribution is 2.35. The van der Waals surface area contributed by atoms with Crippen LogP contribution in [-0.2, 0) is 0 Å². The van der Waals surface area contributed by atoms with Gasteiger partial charge in [-0.25, -0.2) is 24.3 Å². The van der Waals surface area contributed by atoms with Crippen LogP contribution in [0, 0.1) is 5.82 Å². The molecule has 6 nitrogen and oxygen atoms in total. The number of fused-ring (bicyclic) bond motifs is 1. The zero-order valence-electron chi connectivity index (χ0n) is 15.0. The fourth-order valence-corrected chi connectivity index (χ4v) is 3.35. The number of hydrogen-bond donors (Lipinski definition) is 2. The van der Waals surface area contributed by atoms with Crippen LogP contribution in [0.15, 0.2) is 36.8 Å². The molecule has 28 heavy (non-hydrogen) atoms. The van der Waals surface area contributed by atoms with Gasteiger partial charge in [0.1, 0.15) is 29.0 Å². The van der Waals surface area contributed by atoms with E-state index in [1.165, 1.54) is 6.33 Å². The molecule has 0 spiro atoms. The van der Waals surface area contributed by atoms with Crippen molar-refractivity contribution in [3.05, 3.63) is 58.3 Å². The van der Waals surface area contributed by atoms with E-state index in [1.807, 2.05) is 19.9 Å². The first-order valence-corrected chi connectivity index (χ1v) is 9.27. The average Bonchev–Trinajstić information content (AvgIpc) is 3.10. The first-order valence-electron chi connectivity index (χ1n) is 8.51. The first kappa shape index (κ1) is 18.6. The number of aromatic nitrogens is 5. The summed E-state index contributed by atoms with van der Waals surface area (Å²) in [6.07, 6.45) is 2.59. The molecule has 142 valence electrons. The van der Waals surface area contributed by atoms with Crippen molar-refractivity contribution in [1.29, 1.82) is 0 Å². The van der Waals surface area contributed by atoms with Crippen LogP contribution in [0.2, 0.25) is 10.0 Å². The molecule has 0 unspecified atom stereocenters. The predicted octanol–water partition coefficient (Wildman–Crippen LogP) is 5.73. The molecular formula is C19H15Cl2FN6. The van der Waals surface area contributed by atoms with E-state index >= 15 is 0 Å². The van der Waals surface area contributed by atoms with Crippen LogP contribution in [0.5, 0.6) is 0 Å². The van der Waals surface area contributed by atoms with Crippen molar-refractivity contribution in [3.63, 3.8) is 0 Å². The molecule has 4 rings (SSSR count). The maximum absolute atomic E-state index is 14.4. The number of benzene rings is 1. The minimum Gasteiger partial charge on any atom is -0.335 e. The number of nitrogens with zero attached hydrogens (tertiary/aromatic N) is 4. The van der Waals surface area contributed by atoms with Crippen molar-refractivity contribution in [2.75, 3.05) is 5.32 Å². The second kappa shape index (κ2) is 7.33. The molecule has 0 aliphatic carbocycles. The van der Waals surface area contributed by atoms with Crippen LogP contribution in [-0.4, -0.2) is 24.9 Å². The Morgan fingerprint density at radius 2 is 1.86 bits per heavy atom. The molecule has 0 amide bonds. The van der Waals surface area contributed by atoms with Gasteiger partial charge in [-0.1, -0.05) is 43.1 Å². The van der Waals surface area contributed by atoms with E-state index < -0.39 is 5.82 Å². The Bertz CT molecular complexity index is 1150. The normalized spacial score (nSPS) is 11.4. The van der Waals surface area contributed by atoms with Gasteiger partial charge < -0.3 is 10.3 Å². The molecule has 1 aromatic carbocycles. The number of halogens is 3. The van der Waals surface area contributed by atoms with Crippen molar-refractivity contribution in [2.45, 2.75) is 19.8 Å². The lowest BCUT2D eigenvalue weighted by molar-refractivity contribution is 0.632. The van der Waals surface area contributed by atoms with Crippen molar-refractivity contribution in [2.24, 2.45) is 0 Å². The highest BCUT2D eigenvalue weighted by atomic mass is 35.5. The monoisotopic (exact) mass is 416 g/mol. The number of hydrogen-bond acceptors (Lipinski definition) is 5. The Morgan fingerprint density at radius 3 is 2.57 bits per heavy atom. The van der Waals surface area contributed by atoms with E-state index in [-0.39, 0.29) is 11.4 Å². The van der Waals surface area contributed by atoms with Crippen molar-refractivity contribution in [3.8, 4) is 11.4 Å². The van der Waals surface area contributed by atoms with Gasteiger partial charge in [0.05, 0.1) is 21.8 Å². The summed E-state index contributed by atoms with van der Waals surface area (Å²) < 4.78 is 14.4. The standard InChI is InChI=1S/C19H15Cl2FN6/c1-9(2)13-6-14(25-8-24-13)26-19-17-16(12(22)7-23-19)27-18(28-17)15-10(20)4-3-5-11(15)21/h3-9H,1-2H3,(H,27,28)(H,23,24,25,26). The third-order valence-corrected chi connectivity index (χ3v) is 4.83. The summed E-state index contributed by atoms with van der Waals surface area (Å²) in [7, 11) is 0. The van der Waals surface area contributed by atoms with Crippen LogP contribution in [0.25, 0.3) is 22.4 Å². The molecule has 0 fully saturated rings. The zero-order chi connectivity index (χ0) is 19.8. The quantitative estimate of drug-likeness (QED) is 0.444. The van der Waals surface area contributed by atoms with E-state index in [2.05, 4.69) is 30.2 Å². The molecule has 9 heteroatoms. The molecule has 3 heterocycles. The molecule has 3 aromatic heterocycles. The lowest BCUT2D eigenvalue weighted by atomic mass is 10.1. The number of anilines is 2. The van der Waals surface area contributed by atoms with Crippen molar-refractivity contribution >= 4 is 45.9 Å². The van der Waals surface area contributed by atoms with Crippen LogP contribution >= 0.6 is 23.2 Å². The molecule has 0 bridgehead atoms. The van der Waals surface area contributed by atoms with Gasteiger partial charge in [-0.05, 0) is 18.1 Å². The maximum atomic E-state index is 14.4. The van der Waals surface area contributed by atoms with Gasteiger partial charge in [0.15, 0.2) is 11.6 Å². The third kappa shape index (κ3) is 3.39. The smallest absolute Gasteiger partial charge is 0.167 e. The Morgan fingerprint density at radius 1 is 1.11 bits per heavy atom. The number of nitrogens with one attached hydrogen (secondary N) is 2. The summed E-state index contributed by atoms with van der Waals surface area (Å²) in [5.74, 6) is 0.957. The fraction of sp³-hybridized carbons (Fsp3) is 0.158. The molecule has 4 aromatic rings. The third-order valence-electron chi connectivity index (χ3n) is 4.20. The fourth-order valence-electron chi connectivity index (χ4n) is 2.78. The lowest BCUT2D eigenvalue weighted by Gasteiger charge is -2.08. The van der Waals surface area contributed by atoms with E-state index in [1.54, 1.807) is 18.2 Å². The Kier molecular flexibility index (Phi) is 4.87. The van der Waals surface area contributed by atoms with Crippen LogP contribution in [0.4, 0.5) is 16.0 Å². The van der Waals surface area contributed by atoms with Crippen LogP contribution in [0.1, 0.15) is 25.5 Å². The zero-order valence-corrected chi connectivity index (χ0v) is 16.5. The number of imidazole rings is 1. The van der Waals surface area contributed by atoms with Gasteiger partial charge in [0, 0.05) is 11.8 Å². The second-order valence-electron chi connectivity index (χ2n) is 6.47. The molecule has 0 saturated heterocycles. The minimum atomic E-state index is -0.534. The van der Waals surface area contributed by atoms with E-state index in [0.717, 1.165) is 11.9 Å². The molecule has 0 atom stereocenters. The maximum Gasteiger partial charge on any atom is 0.167 e. The predicted molar refractivity (Wildman–Crippen MR) is 109 cm³/mol. The van der Waals surface area contributed by atoms with E-state index in [4.69, 9.17) is 23.2 Å². The summed E-state index contributed by atoms with van der Waals surface area (Å²) in [6, 6.07) is 6.93. The van der Waals surface area contributed by atoms with Gasteiger partial charge in [-0.3, -0.25) is 0 Å². The van der Waals surface area contributed by atoms with Gasteiger partial charge in [0.2, 0.25) is 0 Å². The van der Waals surface area contributed by atoms with Crippen LogP contribution < -0.4 is 5.32 Å². The first-order chi connectivity index (χ1) is 13.4. The molecule has 0 saturated carbocycles. The molecule has 0 aliphatic rings. The lowest BCUT2D eigenvalue weighted by Crippen LogP contribution is -2.01. The summed E-state index contributed by atoms with van der Waals surface area (Å²) in [4.78, 5) is 20.0. The minimum absolute atomic E-state index is 0.196. The van der Waals surface area contributed by atoms with E-state index in [0.29, 0.717) is 38.6 Å². The SMILES string of the molecule is CC(C)c1cc(Nc2ncc(F)c3[nH]c(-c4c(Cl)cccc4Cl)nc23)ncn1. The topological polar surface area (TPSA) is 79.4 Å². The summed E-state index contributed by atoms with van der Waals surface area (Å²) >= 11 is 12.5. The summed E-state index contributed by atoms with van der Waals surface area (Å²) in [5.41, 5.74) is 1.88. The van der Waals surface area contributed by atoms with Crippen molar-refractivity contribution in [1.82, 2.24) is 24.9 Å². The summed E-state index contributed by atoms with van der Waals surface area (Å²) in [5, 5.41) is 3.90.